The fourth-order valence-corrected chi connectivity index (χ4v) is 2.27. The van der Waals surface area contributed by atoms with Gasteiger partial charge in [0.15, 0.2) is 0 Å². The number of carboxylic acids is 1. The lowest BCUT2D eigenvalue weighted by Crippen LogP contribution is -2.39. The fourth-order valence-electron chi connectivity index (χ4n) is 2.27. The van der Waals surface area contributed by atoms with E-state index in [1.54, 1.807) is 27.7 Å². The van der Waals surface area contributed by atoms with Crippen LogP contribution in [-0.2, 0) is 9.53 Å². The molecular formula is C15H23NO4. The van der Waals surface area contributed by atoms with Crippen LogP contribution in [0.3, 0.4) is 0 Å². The van der Waals surface area contributed by atoms with Crippen molar-refractivity contribution in [3.05, 3.63) is 0 Å². The summed E-state index contributed by atoms with van der Waals surface area (Å²) in [6, 6.07) is 0. The van der Waals surface area contributed by atoms with Crippen LogP contribution in [0.2, 0.25) is 0 Å². The average molecular weight is 281 g/mol. The molecule has 0 aromatic rings. The van der Waals surface area contributed by atoms with Gasteiger partial charge in [0, 0.05) is 19.5 Å². The molecule has 1 rings (SSSR count). The minimum atomic E-state index is -0.888. The molecule has 0 saturated carbocycles. The first-order valence-electron chi connectivity index (χ1n) is 6.81. The Hall–Kier alpha value is -1.70. The molecule has 1 N–H and O–H groups in total. The molecule has 1 saturated heterocycles. The Balaban J connectivity index is 2.71. The molecule has 0 bridgehead atoms. The highest BCUT2D eigenvalue weighted by atomic mass is 16.6. The van der Waals surface area contributed by atoms with Crippen molar-refractivity contribution in [3.8, 4) is 11.8 Å². The van der Waals surface area contributed by atoms with Gasteiger partial charge in [-0.2, -0.15) is 0 Å². The van der Waals surface area contributed by atoms with Crippen LogP contribution in [0.1, 0.15) is 47.0 Å². The van der Waals surface area contributed by atoms with Gasteiger partial charge in [0.1, 0.15) is 5.60 Å². The maximum atomic E-state index is 12.0. The third kappa shape index (κ3) is 4.16. The molecule has 5 heteroatoms. The SMILES string of the molecule is CC#CCCC1(C(=O)O)CCN(C(=O)OC(C)(C)C)C1. The van der Waals surface area contributed by atoms with Gasteiger partial charge in [-0.1, -0.05) is 0 Å². The second-order valence-corrected chi connectivity index (χ2v) is 6.16. The molecule has 1 atom stereocenters. The van der Waals surface area contributed by atoms with Crippen LogP contribution in [0.4, 0.5) is 4.79 Å². The van der Waals surface area contributed by atoms with E-state index in [1.807, 2.05) is 0 Å². The van der Waals surface area contributed by atoms with Crippen molar-refractivity contribution >= 4 is 12.1 Å². The number of rotatable bonds is 3. The molecular weight excluding hydrogens is 258 g/mol. The molecule has 1 aliphatic heterocycles. The first-order valence-corrected chi connectivity index (χ1v) is 6.81. The number of likely N-dealkylation sites (tertiary alicyclic amines) is 1. The maximum Gasteiger partial charge on any atom is 0.410 e. The van der Waals surface area contributed by atoms with E-state index < -0.39 is 23.1 Å². The molecule has 112 valence electrons. The monoisotopic (exact) mass is 281 g/mol. The van der Waals surface area contributed by atoms with E-state index in [1.165, 1.54) is 4.90 Å². The molecule has 1 fully saturated rings. The fraction of sp³-hybridized carbons (Fsp3) is 0.733. The predicted molar refractivity (Wildman–Crippen MR) is 75.2 cm³/mol. The molecule has 5 nitrogen and oxygen atoms in total. The molecule has 0 radical (unpaired) electrons. The zero-order valence-corrected chi connectivity index (χ0v) is 12.7. The summed E-state index contributed by atoms with van der Waals surface area (Å²) in [5, 5.41) is 9.47. The van der Waals surface area contributed by atoms with Crippen molar-refractivity contribution in [1.82, 2.24) is 4.90 Å². The number of carboxylic acid groups (broad SMARTS) is 1. The van der Waals surface area contributed by atoms with E-state index in [0.29, 0.717) is 25.8 Å². The highest BCUT2D eigenvalue weighted by Gasteiger charge is 2.46. The molecule has 1 heterocycles. The number of hydrogen-bond donors (Lipinski definition) is 1. The van der Waals surface area contributed by atoms with E-state index in [4.69, 9.17) is 4.74 Å². The summed E-state index contributed by atoms with van der Waals surface area (Å²) in [6.07, 6.45) is 1.00. The Morgan fingerprint density at radius 2 is 2.05 bits per heavy atom. The van der Waals surface area contributed by atoms with Gasteiger partial charge >= 0.3 is 12.1 Å². The van der Waals surface area contributed by atoms with Gasteiger partial charge in [-0.15, -0.1) is 11.8 Å². The van der Waals surface area contributed by atoms with Crippen LogP contribution in [0.5, 0.6) is 0 Å². The van der Waals surface area contributed by atoms with E-state index in [9.17, 15) is 14.7 Å². The summed E-state index contributed by atoms with van der Waals surface area (Å²) in [7, 11) is 0. The molecule has 1 aliphatic rings. The van der Waals surface area contributed by atoms with Crippen molar-refractivity contribution in [3.63, 3.8) is 0 Å². The summed E-state index contributed by atoms with van der Waals surface area (Å²) in [6.45, 7) is 7.73. The highest BCUT2D eigenvalue weighted by Crippen LogP contribution is 2.36. The number of ether oxygens (including phenoxy) is 1. The minimum absolute atomic E-state index is 0.197. The maximum absolute atomic E-state index is 12.0. The Morgan fingerprint density at radius 3 is 2.55 bits per heavy atom. The van der Waals surface area contributed by atoms with Gasteiger partial charge in [-0.25, -0.2) is 4.79 Å². The van der Waals surface area contributed by atoms with Crippen LogP contribution in [0.15, 0.2) is 0 Å². The Labute approximate surface area is 120 Å². The number of carbonyl (C=O) groups is 2. The molecule has 0 spiro atoms. The molecule has 20 heavy (non-hydrogen) atoms. The van der Waals surface area contributed by atoms with Crippen LogP contribution in [0, 0.1) is 17.3 Å². The van der Waals surface area contributed by atoms with Gasteiger partial charge in [-0.3, -0.25) is 4.79 Å². The smallest absolute Gasteiger partial charge is 0.410 e. The highest BCUT2D eigenvalue weighted by molar-refractivity contribution is 5.78. The average Bonchev–Trinajstić information content (AvgIpc) is 2.73. The number of amides is 1. The molecule has 0 aromatic heterocycles. The van der Waals surface area contributed by atoms with Crippen molar-refractivity contribution < 1.29 is 19.4 Å². The first kappa shape index (κ1) is 16.4. The van der Waals surface area contributed by atoms with E-state index in [2.05, 4.69) is 11.8 Å². The number of carbonyl (C=O) groups excluding carboxylic acids is 1. The lowest BCUT2D eigenvalue weighted by atomic mass is 9.82. The first-order chi connectivity index (χ1) is 9.20. The number of hydrogen-bond acceptors (Lipinski definition) is 3. The number of aliphatic carboxylic acids is 1. The Morgan fingerprint density at radius 1 is 1.40 bits per heavy atom. The van der Waals surface area contributed by atoms with Crippen molar-refractivity contribution in [2.24, 2.45) is 5.41 Å². The van der Waals surface area contributed by atoms with E-state index in [-0.39, 0.29) is 6.54 Å². The zero-order chi connectivity index (χ0) is 15.4. The lowest BCUT2D eigenvalue weighted by molar-refractivity contribution is -0.148. The summed E-state index contributed by atoms with van der Waals surface area (Å²) in [4.78, 5) is 25.0. The molecule has 0 aromatic carbocycles. The molecule has 1 unspecified atom stereocenters. The van der Waals surface area contributed by atoms with Gasteiger partial charge in [0.05, 0.1) is 5.41 Å². The van der Waals surface area contributed by atoms with Crippen molar-refractivity contribution in [2.75, 3.05) is 13.1 Å². The third-order valence-electron chi connectivity index (χ3n) is 3.36. The Bertz CT molecular complexity index is 441. The largest absolute Gasteiger partial charge is 0.481 e. The zero-order valence-electron chi connectivity index (χ0n) is 12.7. The van der Waals surface area contributed by atoms with Gasteiger partial charge in [0.2, 0.25) is 0 Å². The van der Waals surface area contributed by atoms with Gasteiger partial charge < -0.3 is 14.7 Å². The van der Waals surface area contributed by atoms with Crippen molar-refractivity contribution in [1.29, 1.82) is 0 Å². The quantitative estimate of drug-likeness (QED) is 0.807. The number of nitrogens with zero attached hydrogens (tertiary/aromatic N) is 1. The molecule has 0 aliphatic carbocycles. The Kier molecular flexibility index (Phi) is 5.04. The second-order valence-electron chi connectivity index (χ2n) is 6.16. The summed E-state index contributed by atoms with van der Waals surface area (Å²) >= 11 is 0. The predicted octanol–water partition coefficient (Wildman–Crippen LogP) is 2.50. The van der Waals surface area contributed by atoms with Crippen molar-refractivity contribution in [2.45, 2.75) is 52.6 Å². The van der Waals surface area contributed by atoms with Crippen LogP contribution in [-0.4, -0.2) is 40.8 Å². The van der Waals surface area contributed by atoms with Crippen LogP contribution < -0.4 is 0 Å². The summed E-state index contributed by atoms with van der Waals surface area (Å²) < 4.78 is 5.29. The standard InChI is InChI=1S/C15H23NO4/c1-5-6-7-8-15(12(17)18)9-10-16(11-15)13(19)20-14(2,3)4/h7-11H2,1-4H3,(H,17,18). The topological polar surface area (TPSA) is 66.8 Å². The van der Waals surface area contributed by atoms with E-state index in [0.717, 1.165) is 0 Å². The van der Waals surface area contributed by atoms with Crippen LogP contribution >= 0.6 is 0 Å². The normalized spacial score (nSPS) is 22.1. The summed E-state index contributed by atoms with van der Waals surface area (Å²) in [5.74, 6) is 4.79. The van der Waals surface area contributed by atoms with Gasteiger partial charge in [0.25, 0.3) is 0 Å². The minimum Gasteiger partial charge on any atom is -0.481 e. The lowest BCUT2D eigenvalue weighted by Gasteiger charge is -2.26. The van der Waals surface area contributed by atoms with E-state index >= 15 is 0 Å². The van der Waals surface area contributed by atoms with Crippen LogP contribution in [0.25, 0.3) is 0 Å². The molecule has 1 amide bonds. The summed E-state index contributed by atoms with van der Waals surface area (Å²) in [5.41, 5.74) is -1.46. The second kappa shape index (κ2) is 6.17. The van der Waals surface area contributed by atoms with Gasteiger partial charge in [-0.05, 0) is 40.5 Å². The third-order valence-corrected chi connectivity index (χ3v) is 3.36.